The lowest BCUT2D eigenvalue weighted by Gasteiger charge is -2.18. The maximum Gasteiger partial charge on any atom is 0.307 e. The number of carbonyl (C=O) groups is 2. The Hall–Kier alpha value is -2.14. The van der Waals surface area contributed by atoms with E-state index in [2.05, 4.69) is 5.32 Å². The molecular formula is C18H21NO3S. The zero-order valence-corrected chi connectivity index (χ0v) is 14.1. The van der Waals surface area contributed by atoms with E-state index < -0.39 is 0 Å². The Morgan fingerprint density at radius 3 is 2.48 bits per heavy atom. The fraction of sp³-hybridized carbons (Fsp3) is 0.333. The van der Waals surface area contributed by atoms with Gasteiger partial charge < -0.3 is 10.1 Å². The Balaban J connectivity index is 1.98. The van der Waals surface area contributed by atoms with Gasteiger partial charge in [-0.3, -0.25) is 9.59 Å². The molecule has 0 aliphatic heterocycles. The summed E-state index contributed by atoms with van der Waals surface area (Å²) in [4.78, 5) is 24.9. The van der Waals surface area contributed by atoms with Crippen LogP contribution in [0.15, 0.2) is 47.8 Å². The number of benzene rings is 1. The largest absolute Gasteiger partial charge is 0.469 e. The third-order valence-corrected chi connectivity index (χ3v) is 4.67. The van der Waals surface area contributed by atoms with Crippen molar-refractivity contribution in [1.29, 1.82) is 0 Å². The molecule has 1 heterocycles. The Morgan fingerprint density at radius 2 is 1.87 bits per heavy atom. The minimum atomic E-state index is -0.335. The average molecular weight is 331 g/mol. The first kappa shape index (κ1) is 17.2. The number of esters is 1. The summed E-state index contributed by atoms with van der Waals surface area (Å²) >= 11 is 1.52. The number of thiophene rings is 1. The summed E-state index contributed by atoms with van der Waals surface area (Å²) in [5, 5.41) is 4.88. The summed E-state index contributed by atoms with van der Waals surface area (Å²) in [6.07, 6.45) is 0.523. The minimum absolute atomic E-state index is 0.0661. The predicted octanol–water partition coefficient (Wildman–Crippen LogP) is 3.66. The van der Waals surface area contributed by atoms with Gasteiger partial charge in [0, 0.05) is 11.3 Å². The highest BCUT2D eigenvalue weighted by Gasteiger charge is 2.21. The molecule has 0 aliphatic rings. The lowest BCUT2D eigenvalue weighted by molar-refractivity contribution is -0.141. The van der Waals surface area contributed by atoms with E-state index in [9.17, 15) is 9.59 Å². The van der Waals surface area contributed by atoms with E-state index in [-0.39, 0.29) is 30.3 Å². The van der Waals surface area contributed by atoms with Crippen LogP contribution in [0.3, 0.4) is 0 Å². The molecule has 23 heavy (non-hydrogen) atoms. The standard InChI is InChI=1S/C18H21NO3S/c1-13(14-7-4-3-5-8-14)11-17(20)19-15(12-18(21)22-2)16-9-6-10-23-16/h3-10,13,15H,11-12H2,1-2H3,(H,19,20)/t13-,15+/m0/s1. The van der Waals surface area contributed by atoms with Crippen LogP contribution < -0.4 is 5.32 Å². The Labute approximate surface area is 140 Å². The smallest absolute Gasteiger partial charge is 0.307 e. The molecule has 0 aliphatic carbocycles. The molecule has 2 aromatic rings. The Morgan fingerprint density at radius 1 is 1.13 bits per heavy atom. The molecule has 0 fully saturated rings. The topological polar surface area (TPSA) is 55.4 Å². The van der Waals surface area contributed by atoms with Crippen LogP contribution in [0.4, 0.5) is 0 Å². The van der Waals surface area contributed by atoms with Gasteiger partial charge in [-0.05, 0) is 22.9 Å². The predicted molar refractivity (Wildman–Crippen MR) is 91.3 cm³/mol. The van der Waals surface area contributed by atoms with Crippen LogP contribution in [0, 0.1) is 0 Å². The van der Waals surface area contributed by atoms with Crippen LogP contribution in [0.2, 0.25) is 0 Å². The first-order valence-corrected chi connectivity index (χ1v) is 8.42. The molecule has 1 amide bonds. The summed E-state index contributed by atoms with van der Waals surface area (Å²) in [7, 11) is 1.35. The number of hydrogen-bond acceptors (Lipinski definition) is 4. The van der Waals surface area contributed by atoms with E-state index in [0.717, 1.165) is 10.4 Å². The summed E-state index contributed by atoms with van der Waals surface area (Å²) < 4.78 is 4.73. The summed E-state index contributed by atoms with van der Waals surface area (Å²) in [5.41, 5.74) is 1.13. The number of carbonyl (C=O) groups excluding carboxylic acids is 2. The van der Waals surface area contributed by atoms with Gasteiger partial charge in [0.2, 0.25) is 5.91 Å². The number of ether oxygens (including phenoxy) is 1. The van der Waals surface area contributed by atoms with Gasteiger partial charge >= 0.3 is 5.97 Å². The number of rotatable bonds is 7. The lowest BCUT2D eigenvalue weighted by atomic mass is 9.97. The van der Waals surface area contributed by atoms with Gasteiger partial charge in [0.25, 0.3) is 0 Å². The van der Waals surface area contributed by atoms with Crippen LogP contribution in [-0.2, 0) is 14.3 Å². The van der Waals surface area contributed by atoms with Gasteiger partial charge in [0.1, 0.15) is 0 Å². The van der Waals surface area contributed by atoms with Crippen molar-refractivity contribution in [2.24, 2.45) is 0 Å². The number of methoxy groups -OCH3 is 1. The summed E-state index contributed by atoms with van der Waals surface area (Å²) in [6.45, 7) is 2.02. The maximum absolute atomic E-state index is 12.3. The molecule has 122 valence electrons. The highest BCUT2D eigenvalue weighted by molar-refractivity contribution is 7.10. The third-order valence-electron chi connectivity index (χ3n) is 3.68. The van der Waals surface area contributed by atoms with Gasteiger partial charge in [-0.2, -0.15) is 0 Å². The fourth-order valence-electron chi connectivity index (χ4n) is 2.39. The maximum atomic E-state index is 12.3. The van der Waals surface area contributed by atoms with E-state index in [1.807, 2.05) is 54.8 Å². The molecular weight excluding hydrogens is 310 g/mol. The second kappa shape index (κ2) is 8.48. The molecule has 1 aromatic carbocycles. The van der Waals surface area contributed by atoms with Crippen molar-refractivity contribution in [3.63, 3.8) is 0 Å². The molecule has 5 heteroatoms. The van der Waals surface area contributed by atoms with Crippen molar-refractivity contribution >= 4 is 23.2 Å². The van der Waals surface area contributed by atoms with Crippen LogP contribution >= 0.6 is 11.3 Å². The Bertz CT molecular complexity index is 625. The molecule has 0 saturated heterocycles. The van der Waals surface area contributed by atoms with Gasteiger partial charge in [0.05, 0.1) is 19.6 Å². The highest BCUT2D eigenvalue weighted by atomic mass is 32.1. The van der Waals surface area contributed by atoms with Crippen molar-refractivity contribution < 1.29 is 14.3 Å². The second-order valence-electron chi connectivity index (χ2n) is 5.43. The summed E-state index contributed by atoms with van der Waals surface area (Å²) in [5.74, 6) is -0.276. The number of hydrogen-bond donors (Lipinski definition) is 1. The molecule has 2 atom stereocenters. The van der Waals surface area contributed by atoms with Crippen molar-refractivity contribution in [3.8, 4) is 0 Å². The molecule has 1 aromatic heterocycles. The van der Waals surface area contributed by atoms with E-state index >= 15 is 0 Å². The lowest BCUT2D eigenvalue weighted by Crippen LogP contribution is -2.30. The zero-order valence-electron chi connectivity index (χ0n) is 13.3. The number of nitrogens with one attached hydrogen (secondary N) is 1. The zero-order chi connectivity index (χ0) is 16.7. The second-order valence-corrected chi connectivity index (χ2v) is 6.41. The van der Waals surface area contributed by atoms with Gasteiger partial charge in [-0.1, -0.05) is 43.3 Å². The van der Waals surface area contributed by atoms with Crippen LogP contribution in [0.1, 0.15) is 42.2 Å². The quantitative estimate of drug-likeness (QED) is 0.788. The van der Waals surface area contributed by atoms with Crippen LogP contribution in [-0.4, -0.2) is 19.0 Å². The molecule has 0 spiro atoms. The van der Waals surface area contributed by atoms with E-state index in [1.54, 1.807) is 0 Å². The van der Waals surface area contributed by atoms with Crippen LogP contribution in [0.25, 0.3) is 0 Å². The normalized spacial score (nSPS) is 13.1. The van der Waals surface area contributed by atoms with E-state index in [1.165, 1.54) is 18.4 Å². The summed E-state index contributed by atoms with van der Waals surface area (Å²) in [6, 6.07) is 13.4. The van der Waals surface area contributed by atoms with Gasteiger partial charge in [-0.25, -0.2) is 0 Å². The Kier molecular flexibility index (Phi) is 6.35. The fourth-order valence-corrected chi connectivity index (χ4v) is 3.17. The van der Waals surface area contributed by atoms with E-state index in [0.29, 0.717) is 6.42 Å². The van der Waals surface area contributed by atoms with Crippen molar-refractivity contribution in [3.05, 3.63) is 58.3 Å². The molecule has 4 nitrogen and oxygen atoms in total. The average Bonchev–Trinajstić information content (AvgIpc) is 3.09. The van der Waals surface area contributed by atoms with E-state index in [4.69, 9.17) is 4.74 Å². The van der Waals surface area contributed by atoms with Crippen molar-refractivity contribution in [2.75, 3.05) is 7.11 Å². The van der Waals surface area contributed by atoms with Crippen molar-refractivity contribution in [1.82, 2.24) is 5.32 Å². The molecule has 0 saturated carbocycles. The van der Waals surface area contributed by atoms with Crippen LogP contribution in [0.5, 0.6) is 0 Å². The molecule has 2 rings (SSSR count). The molecule has 0 radical (unpaired) electrons. The van der Waals surface area contributed by atoms with Gasteiger partial charge in [-0.15, -0.1) is 11.3 Å². The van der Waals surface area contributed by atoms with Crippen molar-refractivity contribution in [2.45, 2.75) is 31.7 Å². The monoisotopic (exact) mass is 331 g/mol. The first-order valence-electron chi connectivity index (χ1n) is 7.54. The SMILES string of the molecule is COC(=O)C[C@@H](NC(=O)C[C@H](C)c1ccccc1)c1cccs1. The highest BCUT2D eigenvalue weighted by Crippen LogP contribution is 2.24. The molecule has 1 N–H and O–H groups in total. The van der Waals surface area contributed by atoms with Gasteiger partial charge in [0.15, 0.2) is 0 Å². The minimum Gasteiger partial charge on any atom is -0.469 e. The molecule has 0 bridgehead atoms. The molecule has 0 unspecified atom stereocenters. The number of amides is 1. The first-order chi connectivity index (χ1) is 11.1. The third kappa shape index (κ3) is 5.21.